The van der Waals surface area contributed by atoms with Gasteiger partial charge in [-0.2, -0.15) is 0 Å². The molecule has 190 valence electrons. The number of nitrogens with one attached hydrogen (secondary N) is 1. The summed E-state index contributed by atoms with van der Waals surface area (Å²) in [4.78, 5) is 44.5. The van der Waals surface area contributed by atoms with Gasteiger partial charge in [0.1, 0.15) is 6.61 Å². The number of aromatic nitrogens is 1. The molecule has 0 atom stereocenters. The lowest BCUT2D eigenvalue weighted by Gasteiger charge is -2.37. The minimum absolute atomic E-state index is 0.0622. The van der Waals surface area contributed by atoms with Gasteiger partial charge in [-0.3, -0.25) is 24.2 Å². The average molecular weight is 492 g/mol. The number of likely N-dealkylation sites (tertiary alicyclic amines) is 2. The number of benzene rings is 1. The van der Waals surface area contributed by atoms with Crippen LogP contribution in [0.1, 0.15) is 36.7 Å². The largest absolute Gasteiger partial charge is 0.493 e. The Morgan fingerprint density at radius 2 is 1.92 bits per heavy atom. The number of carbonyl (C=O) groups excluding carboxylic acids is 3. The number of allylic oxidation sites excluding steroid dienone is 2. The number of hydrogen-bond acceptors (Lipinski definition) is 6. The number of ether oxygens (including phenoxy) is 2. The summed E-state index contributed by atoms with van der Waals surface area (Å²) in [5.41, 5.74) is 1.74. The quantitative estimate of drug-likeness (QED) is 0.308. The normalized spacial score (nSPS) is 18.2. The number of H-pyrrole nitrogens is 1. The molecule has 1 aromatic heterocycles. The number of methoxy groups -OCH3 is 1. The first-order valence-corrected chi connectivity index (χ1v) is 12.2. The van der Waals surface area contributed by atoms with Crippen LogP contribution < -0.4 is 9.47 Å². The van der Waals surface area contributed by atoms with Gasteiger partial charge in [-0.1, -0.05) is 31.4 Å². The number of ketones is 1. The zero-order chi connectivity index (χ0) is 25.9. The van der Waals surface area contributed by atoms with Gasteiger partial charge in [0.05, 0.1) is 24.8 Å². The van der Waals surface area contributed by atoms with E-state index in [1.807, 2.05) is 12.2 Å². The first-order chi connectivity index (χ1) is 17.3. The van der Waals surface area contributed by atoms with Crippen LogP contribution in [0.2, 0.25) is 0 Å². The molecule has 2 aromatic rings. The number of hydrogen-bond donors (Lipinski definition) is 1. The molecule has 0 radical (unpaired) electrons. The smallest absolute Gasteiger partial charge is 0.236 e. The van der Waals surface area contributed by atoms with Crippen molar-refractivity contribution < 1.29 is 23.9 Å². The highest BCUT2D eigenvalue weighted by molar-refractivity contribution is 6.06. The summed E-state index contributed by atoms with van der Waals surface area (Å²) in [6, 6.07) is 5.33. The molecule has 3 heterocycles. The van der Waals surface area contributed by atoms with Crippen molar-refractivity contribution in [2.75, 3.05) is 39.9 Å². The van der Waals surface area contributed by atoms with Gasteiger partial charge in [0, 0.05) is 36.9 Å². The predicted octanol–water partition coefficient (Wildman–Crippen LogP) is 3.90. The highest BCUT2D eigenvalue weighted by Gasteiger charge is 2.52. The number of rotatable bonds is 10. The van der Waals surface area contributed by atoms with E-state index in [1.54, 1.807) is 24.3 Å². The number of fused-ring (bicyclic) bond motifs is 1. The standard InChI is InChI=1S/C28H33N3O5/c1-5-7-20(6-2)18-30-10-8-28(9-11-30)17-26(33)31(27(28)34)12-13-36-25-15-21-14-22(19(3)32)29-23(21)16-24(25)35-4/h5-7,14-16,29H,1-2,8-13,17-18H2,3-4H3/b20-7+. The van der Waals surface area contributed by atoms with Crippen LogP contribution in [0.4, 0.5) is 0 Å². The summed E-state index contributed by atoms with van der Waals surface area (Å²) in [5.74, 6) is 0.696. The van der Waals surface area contributed by atoms with Gasteiger partial charge in [0.15, 0.2) is 17.3 Å². The van der Waals surface area contributed by atoms with Gasteiger partial charge in [-0.15, -0.1) is 0 Å². The summed E-state index contributed by atoms with van der Waals surface area (Å²) in [6.07, 6.45) is 7.07. The zero-order valence-corrected chi connectivity index (χ0v) is 21.0. The molecule has 1 aromatic carbocycles. The van der Waals surface area contributed by atoms with Crippen LogP contribution in [0, 0.1) is 5.41 Å². The van der Waals surface area contributed by atoms with E-state index in [0.717, 1.165) is 36.1 Å². The highest BCUT2D eigenvalue weighted by Crippen LogP contribution is 2.42. The molecular weight excluding hydrogens is 458 g/mol. The van der Waals surface area contributed by atoms with E-state index in [2.05, 4.69) is 23.0 Å². The Bertz CT molecular complexity index is 1230. The van der Waals surface area contributed by atoms with Crippen molar-refractivity contribution in [2.45, 2.75) is 26.2 Å². The molecule has 2 amide bonds. The van der Waals surface area contributed by atoms with E-state index in [-0.39, 0.29) is 37.2 Å². The summed E-state index contributed by atoms with van der Waals surface area (Å²) in [7, 11) is 1.54. The van der Waals surface area contributed by atoms with Gasteiger partial charge in [0.2, 0.25) is 11.8 Å². The molecule has 1 N–H and O–H groups in total. The molecule has 4 rings (SSSR count). The van der Waals surface area contributed by atoms with Gasteiger partial charge in [-0.25, -0.2) is 0 Å². The Kier molecular flexibility index (Phi) is 7.45. The monoisotopic (exact) mass is 491 g/mol. The van der Waals surface area contributed by atoms with Crippen molar-refractivity contribution in [3.63, 3.8) is 0 Å². The van der Waals surface area contributed by atoms with Gasteiger partial charge >= 0.3 is 0 Å². The Balaban J connectivity index is 1.37. The van der Waals surface area contributed by atoms with Gasteiger partial charge in [-0.05, 0) is 43.6 Å². The molecule has 8 nitrogen and oxygen atoms in total. The van der Waals surface area contributed by atoms with E-state index < -0.39 is 5.41 Å². The van der Waals surface area contributed by atoms with Crippen LogP contribution in [-0.2, 0) is 9.59 Å². The first kappa shape index (κ1) is 25.4. The maximum Gasteiger partial charge on any atom is 0.236 e. The Labute approximate surface area is 211 Å². The number of Topliss-reactive ketones (excluding diaryl/α,β-unsaturated/α-hetero) is 1. The van der Waals surface area contributed by atoms with Crippen LogP contribution >= 0.6 is 0 Å². The fourth-order valence-electron chi connectivity index (χ4n) is 5.06. The zero-order valence-electron chi connectivity index (χ0n) is 21.0. The number of carbonyl (C=O) groups is 3. The van der Waals surface area contributed by atoms with Crippen LogP contribution in [0.3, 0.4) is 0 Å². The maximum absolute atomic E-state index is 13.3. The molecule has 0 aliphatic carbocycles. The Morgan fingerprint density at radius 1 is 1.17 bits per heavy atom. The second-order valence-electron chi connectivity index (χ2n) is 9.44. The number of aromatic amines is 1. The fourth-order valence-corrected chi connectivity index (χ4v) is 5.06. The third kappa shape index (κ3) is 4.99. The van der Waals surface area contributed by atoms with Crippen molar-refractivity contribution in [1.82, 2.24) is 14.8 Å². The molecule has 2 saturated heterocycles. The van der Waals surface area contributed by atoms with E-state index in [0.29, 0.717) is 30.0 Å². The van der Waals surface area contributed by atoms with Crippen LogP contribution in [0.25, 0.3) is 10.9 Å². The molecule has 0 unspecified atom stereocenters. The van der Waals surface area contributed by atoms with Crippen molar-refractivity contribution in [2.24, 2.45) is 5.41 Å². The first-order valence-electron chi connectivity index (χ1n) is 12.2. The minimum Gasteiger partial charge on any atom is -0.493 e. The van der Waals surface area contributed by atoms with Crippen LogP contribution in [0.15, 0.2) is 55.2 Å². The Hall–Kier alpha value is -3.65. The van der Waals surface area contributed by atoms with Crippen LogP contribution in [-0.4, -0.2) is 72.3 Å². The summed E-state index contributed by atoms with van der Waals surface area (Å²) < 4.78 is 11.4. The summed E-state index contributed by atoms with van der Waals surface area (Å²) in [5, 5.41) is 0.817. The molecule has 2 aliphatic heterocycles. The van der Waals surface area contributed by atoms with Crippen LogP contribution in [0.5, 0.6) is 11.5 Å². The third-order valence-corrected chi connectivity index (χ3v) is 7.16. The molecule has 8 heteroatoms. The minimum atomic E-state index is -0.616. The average Bonchev–Trinajstić information content (AvgIpc) is 3.38. The Morgan fingerprint density at radius 3 is 2.56 bits per heavy atom. The lowest BCUT2D eigenvalue weighted by molar-refractivity contribution is -0.143. The second-order valence-corrected chi connectivity index (χ2v) is 9.44. The van der Waals surface area contributed by atoms with E-state index in [4.69, 9.17) is 9.47 Å². The van der Waals surface area contributed by atoms with Crippen molar-refractivity contribution in [1.29, 1.82) is 0 Å². The fraction of sp³-hybridized carbons (Fsp3) is 0.393. The van der Waals surface area contributed by atoms with E-state index in [9.17, 15) is 14.4 Å². The SMILES string of the molecule is C=C/C=C(\C=C)CN1CCC2(CC1)CC(=O)N(CCOc1cc3cc(C(C)=O)[nH]c3cc1OC)C2=O. The number of imide groups is 1. The van der Waals surface area contributed by atoms with E-state index >= 15 is 0 Å². The van der Waals surface area contributed by atoms with Crippen molar-refractivity contribution >= 4 is 28.5 Å². The summed E-state index contributed by atoms with van der Waals surface area (Å²) in [6.45, 7) is 11.7. The number of amides is 2. The van der Waals surface area contributed by atoms with Gasteiger partial charge in [0.25, 0.3) is 0 Å². The molecule has 36 heavy (non-hydrogen) atoms. The van der Waals surface area contributed by atoms with Gasteiger partial charge < -0.3 is 14.5 Å². The number of nitrogens with zero attached hydrogens (tertiary/aromatic N) is 2. The topological polar surface area (TPSA) is 91.9 Å². The highest BCUT2D eigenvalue weighted by atomic mass is 16.5. The third-order valence-electron chi connectivity index (χ3n) is 7.16. The second kappa shape index (κ2) is 10.5. The molecule has 1 spiro atoms. The lowest BCUT2D eigenvalue weighted by Crippen LogP contribution is -2.45. The van der Waals surface area contributed by atoms with Crippen molar-refractivity contribution in [3.05, 3.63) is 60.9 Å². The molecule has 0 bridgehead atoms. The lowest BCUT2D eigenvalue weighted by atomic mass is 9.77. The predicted molar refractivity (Wildman–Crippen MR) is 138 cm³/mol. The van der Waals surface area contributed by atoms with E-state index in [1.165, 1.54) is 18.9 Å². The maximum atomic E-state index is 13.3. The van der Waals surface area contributed by atoms with Crippen molar-refractivity contribution in [3.8, 4) is 11.5 Å². The molecular formula is C28H33N3O5. The molecule has 0 saturated carbocycles. The molecule has 2 aliphatic rings. The summed E-state index contributed by atoms with van der Waals surface area (Å²) >= 11 is 0. The molecule has 2 fully saturated rings. The number of piperidine rings is 1.